The van der Waals surface area contributed by atoms with Gasteiger partial charge in [0.2, 0.25) is 0 Å². The zero-order valence-corrected chi connectivity index (χ0v) is 18.0. The number of amides is 2. The average molecular weight is 448 g/mol. The zero-order valence-electron chi connectivity index (χ0n) is 16.4. The van der Waals surface area contributed by atoms with Gasteiger partial charge in [-0.25, -0.2) is 0 Å². The molecule has 6 nitrogen and oxygen atoms in total. The van der Waals surface area contributed by atoms with Crippen molar-refractivity contribution in [2.24, 2.45) is 0 Å². The standard InChI is InChI=1S/C21H26BrN3O3/c1-4-28-12-6-11-23-21(27)18-14-17(9-10-19(18)25(2)3)24-20(26)15-7-5-8-16(22)13-15/h5,7-10,13-14H,4,6,11-12H2,1-3H3,(H,23,27)(H,24,26). The minimum Gasteiger partial charge on any atom is -0.382 e. The molecule has 0 radical (unpaired) electrons. The molecular weight excluding hydrogens is 422 g/mol. The lowest BCUT2D eigenvalue weighted by atomic mass is 10.1. The Kier molecular flexibility index (Phi) is 8.47. The van der Waals surface area contributed by atoms with E-state index in [2.05, 4.69) is 26.6 Å². The van der Waals surface area contributed by atoms with Crippen molar-refractivity contribution in [2.45, 2.75) is 13.3 Å². The summed E-state index contributed by atoms with van der Waals surface area (Å²) < 4.78 is 6.11. The van der Waals surface area contributed by atoms with Crippen molar-refractivity contribution in [1.29, 1.82) is 0 Å². The van der Waals surface area contributed by atoms with Crippen LogP contribution in [0.4, 0.5) is 11.4 Å². The lowest BCUT2D eigenvalue weighted by molar-refractivity contribution is 0.0943. The summed E-state index contributed by atoms with van der Waals surface area (Å²) in [5.41, 5.74) is 2.39. The van der Waals surface area contributed by atoms with Gasteiger partial charge in [-0.1, -0.05) is 22.0 Å². The number of nitrogens with one attached hydrogen (secondary N) is 2. The van der Waals surface area contributed by atoms with E-state index in [9.17, 15) is 9.59 Å². The van der Waals surface area contributed by atoms with Crippen molar-refractivity contribution in [3.8, 4) is 0 Å². The smallest absolute Gasteiger partial charge is 0.255 e. The number of ether oxygens (including phenoxy) is 1. The quantitative estimate of drug-likeness (QED) is 0.571. The second kappa shape index (κ2) is 10.8. The predicted molar refractivity (Wildman–Crippen MR) is 116 cm³/mol. The van der Waals surface area contributed by atoms with E-state index in [-0.39, 0.29) is 11.8 Å². The molecule has 0 aliphatic heterocycles. The first-order valence-electron chi connectivity index (χ1n) is 9.16. The Morgan fingerprint density at radius 3 is 2.57 bits per heavy atom. The predicted octanol–water partition coefficient (Wildman–Crippen LogP) is 3.92. The Labute approximate surface area is 174 Å². The van der Waals surface area contributed by atoms with Crippen molar-refractivity contribution in [3.63, 3.8) is 0 Å². The molecule has 2 amide bonds. The second-order valence-corrected chi connectivity index (χ2v) is 7.31. The normalized spacial score (nSPS) is 10.4. The molecule has 2 aromatic rings. The van der Waals surface area contributed by atoms with Crippen LogP contribution < -0.4 is 15.5 Å². The number of halogens is 1. The zero-order chi connectivity index (χ0) is 20.5. The van der Waals surface area contributed by atoms with Crippen LogP contribution in [0.1, 0.15) is 34.1 Å². The third-order valence-electron chi connectivity index (χ3n) is 4.02. The molecule has 0 atom stereocenters. The van der Waals surface area contributed by atoms with Crippen LogP contribution in [0.2, 0.25) is 0 Å². The highest BCUT2D eigenvalue weighted by Crippen LogP contribution is 2.23. The third kappa shape index (κ3) is 6.35. The largest absolute Gasteiger partial charge is 0.382 e. The molecule has 0 aliphatic carbocycles. The van der Waals surface area contributed by atoms with Gasteiger partial charge in [0.05, 0.1) is 5.56 Å². The van der Waals surface area contributed by atoms with Gasteiger partial charge in [-0.15, -0.1) is 0 Å². The Morgan fingerprint density at radius 1 is 1.11 bits per heavy atom. The number of hydrogen-bond donors (Lipinski definition) is 2. The summed E-state index contributed by atoms with van der Waals surface area (Å²) in [6.45, 7) is 3.74. The van der Waals surface area contributed by atoms with Gasteiger partial charge < -0.3 is 20.3 Å². The molecule has 2 aromatic carbocycles. The number of carbonyl (C=O) groups excluding carboxylic acids is 2. The van der Waals surface area contributed by atoms with Crippen molar-refractivity contribution in [3.05, 3.63) is 58.1 Å². The summed E-state index contributed by atoms with van der Waals surface area (Å²) in [5.74, 6) is -0.416. The number of benzene rings is 2. The van der Waals surface area contributed by atoms with Crippen molar-refractivity contribution in [1.82, 2.24) is 5.32 Å². The first kappa shape index (κ1) is 21.9. The molecule has 150 valence electrons. The molecule has 0 aromatic heterocycles. The number of anilines is 2. The van der Waals surface area contributed by atoms with Gasteiger partial charge in [0.1, 0.15) is 0 Å². The second-order valence-electron chi connectivity index (χ2n) is 6.40. The minimum absolute atomic E-state index is 0.182. The molecule has 28 heavy (non-hydrogen) atoms. The van der Waals surface area contributed by atoms with E-state index in [0.29, 0.717) is 36.6 Å². The Balaban J connectivity index is 2.13. The number of rotatable bonds is 9. The van der Waals surface area contributed by atoms with Gasteiger partial charge in [-0.2, -0.15) is 0 Å². The Morgan fingerprint density at radius 2 is 1.89 bits per heavy atom. The van der Waals surface area contributed by atoms with Crippen LogP contribution in [-0.4, -0.2) is 45.7 Å². The summed E-state index contributed by atoms with van der Waals surface area (Å²) in [6.07, 6.45) is 0.746. The fourth-order valence-corrected chi connectivity index (χ4v) is 3.03. The van der Waals surface area contributed by atoms with Crippen LogP contribution >= 0.6 is 15.9 Å². The molecule has 0 bridgehead atoms. The van der Waals surface area contributed by atoms with Gasteiger partial charge in [-0.05, 0) is 49.7 Å². The number of hydrogen-bond acceptors (Lipinski definition) is 4. The summed E-state index contributed by atoms with van der Waals surface area (Å²) >= 11 is 3.36. The molecule has 0 aliphatic rings. The lowest BCUT2D eigenvalue weighted by Crippen LogP contribution is -2.27. The monoisotopic (exact) mass is 447 g/mol. The first-order chi connectivity index (χ1) is 13.4. The maximum atomic E-state index is 12.7. The summed E-state index contributed by atoms with van der Waals surface area (Å²) in [6, 6.07) is 12.5. The number of carbonyl (C=O) groups is 2. The summed E-state index contributed by atoms with van der Waals surface area (Å²) in [4.78, 5) is 27.0. The third-order valence-corrected chi connectivity index (χ3v) is 4.52. The van der Waals surface area contributed by atoms with Crippen LogP contribution in [0.5, 0.6) is 0 Å². The molecule has 0 saturated carbocycles. The maximum absolute atomic E-state index is 12.7. The van der Waals surface area contributed by atoms with Crippen molar-refractivity contribution < 1.29 is 14.3 Å². The highest BCUT2D eigenvalue weighted by molar-refractivity contribution is 9.10. The van der Waals surface area contributed by atoms with Gasteiger partial charge in [0, 0.05) is 55.3 Å². The number of nitrogens with zero attached hydrogens (tertiary/aromatic N) is 1. The van der Waals surface area contributed by atoms with Gasteiger partial charge in [0.25, 0.3) is 11.8 Å². The van der Waals surface area contributed by atoms with E-state index < -0.39 is 0 Å². The molecule has 7 heteroatoms. The molecule has 0 heterocycles. The van der Waals surface area contributed by atoms with E-state index in [4.69, 9.17) is 4.74 Å². The highest BCUT2D eigenvalue weighted by atomic mass is 79.9. The van der Waals surface area contributed by atoms with E-state index in [0.717, 1.165) is 16.6 Å². The molecule has 0 saturated heterocycles. The van der Waals surface area contributed by atoms with Crippen molar-refractivity contribution >= 4 is 39.1 Å². The molecule has 2 N–H and O–H groups in total. The van der Waals surface area contributed by atoms with Gasteiger partial charge >= 0.3 is 0 Å². The average Bonchev–Trinajstić information content (AvgIpc) is 2.67. The summed E-state index contributed by atoms with van der Waals surface area (Å²) in [7, 11) is 3.75. The molecule has 0 fully saturated rings. The van der Waals surface area contributed by atoms with E-state index >= 15 is 0 Å². The van der Waals surface area contributed by atoms with E-state index in [1.165, 1.54) is 0 Å². The van der Waals surface area contributed by atoms with Gasteiger partial charge in [-0.3, -0.25) is 9.59 Å². The fraction of sp³-hybridized carbons (Fsp3) is 0.333. The molecule has 0 spiro atoms. The Bertz CT molecular complexity index is 824. The fourth-order valence-electron chi connectivity index (χ4n) is 2.63. The molecular formula is C21H26BrN3O3. The van der Waals surface area contributed by atoms with Crippen molar-refractivity contribution in [2.75, 3.05) is 44.1 Å². The van der Waals surface area contributed by atoms with E-state index in [1.54, 1.807) is 30.3 Å². The topological polar surface area (TPSA) is 70.7 Å². The van der Waals surface area contributed by atoms with Gasteiger partial charge in [0.15, 0.2) is 0 Å². The van der Waals surface area contributed by atoms with E-state index in [1.807, 2.05) is 38.1 Å². The highest BCUT2D eigenvalue weighted by Gasteiger charge is 2.15. The maximum Gasteiger partial charge on any atom is 0.255 e. The lowest BCUT2D eigenvalue weighted by Gasteiger charge is -2.18. The SMILES string of the molecule is CCOCCCNC(=O)c1cc(NC(=O)c2cccc(Br)c2)ccc1N(C)C. The van der Waals surface area contributed by atoms with Crippen LogP contribution in [0.25, 0.3) is 0 Å². The van der Waals surface area contributed by atoms with Crippen LogP contribution in [0.3, 0.4) is 0 Å². The molecule has 2 rings (SSSR count). The van der Waals surface area contributed by atoms with Crippen LogP contribution in [0.15, 0.2) is 46.9 Å². The molecule has 0 unspecified atom stereocenters. The first-order valence-corrected chi connectivity index (χ1v) is 9.96. The van der Waals surface area contributed by atoms with Crippen LogP contribution in [0, 0.1) is 0 Å². The Hall–Kier alpha value is -2.38. The minimum atomic E-state index is -0.234. The van der Waals surface area contributed by atoms with Crippen LogP contribution in [-0.2, 0) is 4.74 Å². The summed E-state index contributed by atoms with van der Waals surface area (Å²) in [5, 5.41) is 5.76.